The lowest BCUT2D eigenvalue weighted by Crippen LogP contribution is -2.14. The van der Waals surface area contributed by atoms with Gasteiger partial charge in [0.2, 0.25) is 0 Å². The van der Waals surface area contributed by atoms with E-state index < -0.39 is 0 Å². The van der Waals surface area contributed by atoms with Crippen molar-refractivity contribution in [1.82, 2.24) is 0 Å². The highest BCUT2D eigenvalue weighted by atomic mass is 127. The normalized spacial score (nSPS) is 10.4. The van der Waals surface area contributed by atoms with Crippen LogP contribution < -0.4 is 5.32 Å². The Hall–Kier alpha value is 0.390. The number of nitrogens with one attached hydrogen (secondary N) is 1. The molecule has 0 heterocycles. The fourth-order valence-electron chi connectivity index (χ4n) is 1.59. The molecule has 20 heavy (non-hydrogen) atoms. The van der Waals surface area contributed by atoms with Crippen molar-refractivity contribution in [2.75, 3.05) is 5.32 Å². The van der Waals surface area contributed by atoms with Gasteiger partial charge in [0.15, 0.2) is 0 Å². The molecule has 0 aromatic heterocycles. The van der Waals surface area contributed by atoms with Crippen LogP contribution in [0.25, 0.3) is 0 Å². The van der Waals surface area contributed by atoms with Gasteiger partial charge in [0.1, 0.15) is 0 Å². The van der Waals surface area contributed by atoms with Gasteiger partial charge in [0, 0.05) is 22.2 Å². The predicted molar refractivity (Wildman–Crippen MR) is 109 cm³/mol. The Morgan fingerprint density at radius 3 is 2.10 bits per heavy atom. The van der Waals surface area contributed by atoms with E-state index in [1.165, 1.54) is 0 Å². The smallest absolute Gasteiger partial charge is 0.255 e. The predicted octanol–water partition coefficient (Wildman–Crippen LogP) is 5.49. The zero-order chi connectivity index (χ0) is 14.7. The molecule has 0 saturated carbocycles. The van der Waals surface area contributed by atoms with Gasteiger partial charge >= 0.3 is 0 Å². The van der Waals surface area contributed by atoms with Crippen LogP contribution in [0.2, 0.25) is 0 Å². The lowest BCUT2D eigenvalue weighted by atomic mass is 10.1. The average Bonchev–Trinajstić information content (AvgIpc) is 2.42. The third-order valence-electron chi connectivity index (χ3n) is 2.62. The highest BCUT2D eigenvalue weighted by Gasteiger charge is 2.12. The number of hydrogen-bond donors (Lipinski definition) is 1. The zero-order valence-corrected chi connectivity index (χ0v) is 17.3. The van der Waals surface area contributed by atoms with Gasteiger partial charge in [-0.15, -0.1) is 11.6 Å². The summed E-state index contributed by atoms with van der Waals surface area (Å²) in [5.41, 5.74) is 2.49. The highest BCUT2D eigenvalue weighted by molar-refractivity contribution is 14.1. The van der Waals surface area contributed by atoms with Crippen LogP contribution in [0.15, 0.2) is 36.4 Å². The monoisotopic (exact) mass is 623 g/mol. The molecule has 1 amide bonds. The van der Waals surface area contributed by atoms with Crippen LogP contribution in [0.1, 0.15) is 15.9 Å². The minimum atomic E-state index is -0.108. The first-order valence-corrected chi connectivity index (χ1v) is 9.39. The molecule has 2 rings (SSSR count). The molecule has 0 saturated heterocycles. The summed E-state index contributed by atoms with van der Waals surface area (Å²) in [7, 11) is 0. The summed E-state index contributed by atoms with van der Waals surface area (Å²) >= 11 is 12.5. The van der Waals surface area contributed by atoms with Crippen LogP contribution in [-0.4, -0.2) is 5.91 Å². The van der Waals surface area contributed by atoms with Crippen LogP contribution in [0.5, 0.6) is 0 Å². The van der Waals surface area contributed by atoms with Gasteiger partial charge in [-0.3, -0.25) is 4.79 Å². The second-order valence-corrected chi connectivity index (χ2v) is 7.87. The third kappa shape index (κ3) is 4.20. The Labute approximate surface area is 163 Å². The molecule has 0 unspecified atom stereocenters. The van der Waals surface area contributed by atoms with E-state index in [2.05, 4.69) is 73.1 Å². The molecular weight excluding hydrogens is 614 g/mol. The standard InChI is InChI=1S/C14H9ClI3NO/c15-7-8-1-3-9(4-2-8)14(20)19-13-11(17)5-10(16)6-12(13)18/h1-6H,7H2,(H,19,20). The van der Waals surface area contributed by atoms with Crippen molar-refractivity contribution in [2.45, 2.75) is 5.88 Å². The van der Waals surface area contributed by atoms with Gasteiger partial charge in [0.05, 0.1) is 5.69 Å². The molecule has 2 aromatic rings. The first kappa shape index (κ1) is 16.8. The topological polar surface area (TPSA) is 29.1 Å². The number of carbonyl (C=O) groups excluding carboxylic acids is 1. The quantitative estimate of drug-likeness (QED) is 0.356. The summed E-state index contributed by atoms with van der Waals surface area (Å²) in [4.78, 5) is 12.3. The lowest BCUT2D eigenvalue weighted by Gasteiger charge is -2.10. The Bertz CT molecular complexity index is 620. The molecule has 0 aliphatic heterocycles. The second-order valence-electron chi connectivity index (χ2n) is 4.03. The molecule has 6 heteroatoms. The van der Waals surface area contributed by atoms with Crippen molar-refractivity contribution < 1.29 is 4.79 Å². The summed E-state index contributed by atoms with van der Waals surface area (Å²) in [6.45, 7) is 0. The third-order valence-corrected chi connectivity index (χ3v) is 5.25. The van der Waals surface area contributed by atoms with E-state index in [-0.39, 0.29) is 5.91 Å². The molecule has 0 fully saturated rings. The van der Waals surface area contributed by atoms with E-state index in [1.807, 2.05) is 24.3 Å². The molecule has 0 radical (unpaired) electrons. The van der Waals surface area contributed by atoms with Crippen molar-refractivity contribution in [3.63, 3.8) is 0 Å². The SMILES string of the molecule is O=C(Nc1c(I)cc(I)cc1I)c1ccc(CCl)cc1. The van der Waals surface area contributed by atoms with Gasteiger partial charge in [-0.1, -0.05) is 12.1 Å². The fourth-order valence-corrected chi connectivity index (χ4v) is 5.62. The molecule has 0 spiro atoms. The molecule has 0 aliphatic rings. The fraction of sp³-hybridized carbons (Fsp3) is 0.0714. The second kappa shape index (κ2) is 7.59. The van der Waals surface area contributed by atoms with Gasteiger partial charge in [-0.05, 0) is 97.6 Å². The van der Waals surface area contributed by atoms with Crippen LogP contribution >= 0.6 is 79.4 Å². The zero-order valence-electron chi connectivity index (χ0n) is 10.1. The average molecular weight is 623 g/mol. The number of amides is 1. The summed E-state index contributed by atoms with van der Waals surface area (Å²) in [5.74, 6) is 0.345. The molecule has 2 aromatic carbocycles. The van der Waals surface area contributed by atoms with Crippen LogP contribution in [0.3, 0.4) is 0 Å². The number of halogens is 4. The van der Waals surface area contributed by atoms with Gasteiger partial charge in [0.25, 0.3) is 5.91 Å². The number of alkyl halides is 1. The lowest BCUT2D eigenvalue weighted by molar-refractivity contribution is 0.102. The molecule has 104 valence electrons. The van der Waals surface area contributed by atoms with Crippen LogP contribution in [0.4, 0.5) is 5.69 Å². The van der Waals surface area contributed by atoms with E-state index in [1.54, 1.807) is 12.1 Å². The van der Waals surface area contributed by atoms with Crippen LogP contribution in [-0.2, 0) is 5.88 Å². The molecule has 0 atom stereocenters. The summed E-state index contributed by atoms with van der Waals surface area (Å²) in [5, 5.41) is 2.97. The van der Waals surface area contributed by atoms with Crippen molar-refractivity contribution in [2.24, 2.45) is 0 Å². The summed E-state index contributed by atoms with van der Waals surface area (Å²) in [6.07, 6.45) is 0. The maximum Gasteiger partial charge on any atom is 0.255 e. The molecular formula is C14H9ClI3NO. The van der Waals surface area contributed by atoms with E-state index >= 15 is 0 Å². The van der Waals surface area contributed by atoms with Gasteiger partial charge < -0.3 is 5.32 Å². The first-order chi connectivity index (χ1) is 9.51. The van der Waals surface area contributed by atoms with Crippen molar-refractivity contribution in [3.05, 3.63) is 58.2 Å². The van der Waals surface area contributed by atoms with E-state index in [9.17, 15) is 4.79 Å². The number of rotatable bonds is 3. The Balaban J connectivity index is 2.23. The number of anilines is 1. The minimum Gasteiger partial charge on any atom is -0.320 e. The number of hydrogen-bond acceptors (Lipinski definition) is 1. The summed E-state index contributed by atoms with van der Waals surface area (Å²) in [6, 6.07) is 11.4. The Morgan fingerprint density at radius 2 is 1.60 bits per heavy atom. The van der Waals surface area contributed by atoms with Crippen molar-refractivity contribution in [1.29, 1.82) is 0 Å². The van der Waals surface area contributed by atoms with Crippen LogP contribution in [0, 0.1) is 10.7 Å². The first-order valence-electron chi connectivity index (χ1n) is 5.62. The van der Waals surface area contributed by atoms with Gasteiger partial charge in [-0.25, -0.2) is 0 Å². The maximum atomic E-state index is 12.3. The van der Waals surface area contributed by atoms with E-state index in [0.717, 1.165) is 22.0 Å². The van der Waals surface area contributed by atoms with E-state index in [0.29, 0.717) is 11.4 Å². The molecule has 1 N–H and O–H groups in total. The molecule has 2 nitrogen and oxygen atoms in total. The van der Waals surface area contributed by atoms with Gasteiger partial charge in [-0.2, -0.15) is 0 Å². The highest BCUT2D eigenvalue weighted by Crippen LogP contribution is 2.27. The van der Waals surface area contributed by atoms with Crippen molar-refractivity contribution in [3.8, 4) is 0 Å². The number of benzene rings is 2. The Kier molecular flexibility index (Phi) is 6.36. The largest absolute Gasteiger partial charge is 0.320 e. The van der Waals surface area contributed by atoms with Crippen molar-refractivity contribution >= 4 is 91.0 Å². The minimum absolute atomic E-state index is 0.108. The summed E-state index contributed by atoms with van der Waals surface area (Å²) < 4.78 is 3.22. The number of carbonyl (C=O) groups is 1. The Morgan fingerprint density at radius 1 is 1.05 bits per heavy atom. The molecule has 0 bridgehead atoms. The maximum absolute atomic E-state index is 12.3. The molecule has 0 aliphatic carbocycles. The van der Waals surface area contributed by atoms with E-state index in [4.69, 9.17) is 11.6 Å².